The van der Waals surface area contributed by atoms with E-state index in [1.807, 2.05) is 6.92 Å². The molecular formula is C26H29BrN2O7S. The van der Waals surface area contributed by atoms with Crippen molar-refractivity contribution in [2.75, 3.05) is 7.11 Å². The molecule has 11 heteroatoms. The maximum absolute atomic E-state index is 13.6. The summed E-state index contributed by atoms with van der Waals surface area (Å²) in [5.74, 6) is -1.57. The molecule has 0 unspecified atom stereocenters. The number of ether oxygens (including phenoxy) is 2. The Kier molecular flexibility index (Phi) is 8.18. The Hall–Kier alpha value is -3.18. The normalized spacial score (nSPS) is 12.7. The molecule has 2 amide bonds. The van der Waals surface area contributed by atoms with Gasteiger partial charge in [0.25, 0.3) is 10.0 Å². The predicted molar refractivity (Wildman–Crippen MR) is 142 cm³/mol. The van der Waals surface area contributed by atoms with Gasteiger partial charge >= 0.3 is 12.1 Å². The molecule has 3 rings (SSSR count). The Morgan fingerprint density at radius 1 is 1.08 bits per heavy atom. The Morgan fingerprint density at radius 3 is 2.24 bits per heavy atom. The number of carbonyl (C=O) groups excluding carboxylic acids is 3. The third-order valence-corrected chi connectivity index (χ3v) is 7.88. The molecule has 0 radical (unpaired) electrons. The fraction of sp³-hybridized carbons (Fsp3) is 0.346. The van der Waals surface area contributed by atoms with Crippen LogP contribution in [-0.2, 0) is 35.5 Å². The van der Waals surface area contributed by atoms with E-state index in [1.165, 1.54) is 18.3 Å². The van der Waals surface area contributed by atoms with Crippen LogP contribution in [0.15, 0.2) is 58.0 Å². The molecule has 1 aromatic heterocycles. The number of nitrogens with zero attached hydrogens (tertiary/aromatic N) is 2. The van der Waals surface area contributed by atoms with E-state index >= 15 is 0 Å². The van der Waals surface area contributed by atoms with E-state index in [-0.39, 0.29) is 11.3 Å². The van der Waals surface area contributed by atoms with Gasteiger partial charge in [-0.2, -0.15) is 0 Å². The van der Waals surface area contributed by atoms with Gasteiger partial charge in [0.05, 0.1) is 17.5 Å². The lowest BCUT2D eigenvalue weighted by Gasteiger charge is -2.30. The molecule has 1 heterocycles. The van der Waals surface area contributed by atoms with Crippen molar-refractivity contribution in [1.29, 1.82) is 0 Å². The minimum atomic E-state index is -4.01. The molecule has 0 saturated heterocycles. The van der Waals surface area contributed by atoms with Crippen molar-refractivity contribution >= 4 is 54.8 Å². The maximum Gasteiger partial charge on any atom is 0.417 e. The average Bonchev–Trinajstić information content (AvgIpc) is 3.17. The van der Waals surface area contributed by atoms with Crippen LogP contribution in [0.2, 0.25) is 0 Å². The highest BCUT2D eigenvalue weighted by molar-refractivity contribution is 9.10. The molecule has 0 N–H and O–H groups in total. The zero-order valence-electron chi connectivity index (χ0n) is 21.4. The highest BCUT2D eigenvalue weighted by atomic mass is 79.9. The van der Waals surface area contributed by atoms with Gasteiger partial charge in [-0.1, -0.05) is 39.7 Å². The minimum absolute atomic E-state index is 0.0881. The number of carbonyl (C=O) groups is 3. The van der Waals surface area contributed by atoms with Gasteiger partial charge in [-0.25, -0.2) is 26.9 Å². The van der Waals surface area contributed by atoms with Crippen LogP contribution in [0.5, 0.6) is 0 Å². The molecule has 1 atom stereocenters. The lowest BCUT2D eigenvalue weighted by atomic mass is 10.0. The van der Waals surface area contributed by atoms with Gasteiger partial charge in [-0.05, 0) is 57.5 Å². The highest BCUT2D eigenvalue weighted by Crippen LogP contribution is 2.33. The molecule has 0 aliphatic carbocycles. The number of fused-ring (bicyclic) bond motifs is 1. The van der Waals surface area contributed by atoms with E-state index in [1.54, 1.807) is 51.1 Å². The summed E-state index contributed by atoms with van der Waals surface area (Å²) in [4.78, 5) is 39.1. The van der Waals surface area contributed by atoms with Crippen molar-refractivity contribution in [3.8, 4) is 0 Å². The molecule has 2 aromatic carbocycles. The lowest BCUT2D eigenvalue weighted by Crippen LogP contribution is -2.51. The quantitative estimate of drug-likeness (QED) is 0.377. The van der Waals surface area contributed by atoms with Gasteiger partial charge in [0, 0.05) is 29.4 Å². The largest absolute Gasteiger partial charge is 0.467 e. The van der Waals surface area contributed by atoms with E-state index in [4.69, 9.17) is 9.47 Å². The third kappa shape index (κ3) is 6.04. The SMILES string of the molecule is COC(=O)[C@@H](Cc1cn(S(=O)(=O)c2ccc(C)cc2)c2cccc(Br)c12)N(C(C)=O)C(=O)OC(C)(C)C. The lowest BCUT2D eigenvalue weighted by molar-refractivity contribution is -0.151. The van der Waals surface area contributed by atoms with Gasteiger partial charge in [0.1, 0.15) is 11.6 Å². The van der Waals surface area contributed by atoms with Crippen molar-refractivity contribution in [3.05, 3.63) is 64.3 Å². The molecule has 37 heavy (non-hydrogen) atoms. The summed E-state index contributed by atoms with van der Waals surface area (Å²) in [6, 6.07) is 10.1. The van der Waals surface area contributed by atoms with Crippen molar-refractivity contribution < 1.29 is 32.3 Å². The Labute approximate surface area is 224 Å². The van der Waals surface area contributed by atoms with Crippen LogP contribution in [0.1, 0.15) is 38.8 Å². The summed E-state index contributed by atoms with van der Waals surface area (Å²) in [7, 11) is -2.87. The molecule has 0 fully saturated rings. The first-order valence-corrected chi connectivity index (χ1v) is 13.6. The maximum atomic E-state index is 13.6. The molecule has 0 saturated carbocycles. The number of aryl methyl sites for hydroxylation is 1. The predicted octanol–water partition coefficient (Wildman–Crippen LogP) is 4.82. The second-order valence-electron chi connectivity index (χ2n) is 9.51. The molecule has 0 aliphatic heterocycles. The zero-order chi connectivity index (χ0) is 27.7. The second-order valence-corrected chi connectivity index (χ2v) is 12.2. The van der Waals surface area contributed by atoms with Gasteiger partial charge in [0.2, 0.25) is 5.91 Å². The van der Waals surface area contributed by atoms with Gasteiger partial charge in [-0.15, -0.1) is 0 Å². The molecule has 0 spiro atoms. The standard InChI is InChI=1S/C26H29BrN2O7S/c1-16-10-12-19(13-11-16)37(33,34)28-15-18(23-20(27)8-7-9-21(23)28)14-22(24(31)35-6)29(17(2)30)25(32)36-26(3,4)5/h7-13,15,22H,14H2,1-6H3/t22-/m1/s1. The Morgan fingerprint density at radius 2 is 1.70 bits per heavy atom. The number of aromatic nitrogens is 1. The van der Waals surface area contributed by atoms with Crippen LogP contribution in [-0.4, -0.2) is 54.0 Å². The summed E-state index contributed by atoms with van der Waals surface area (Å²) in [5.41, 5.74) is 0.753. The van der Waals surface area contributed by atoms with Crippen LogP contribution in [0, 0.1) is 6.92 Å². The summed E-state index contributed by atoms with van der Waals surface area (Å²) in [5, 5.41) is 0.514. The summed E-state index contributed by atoms with van der Waals surface area (Å²) < 4.78 is 39.2. The van der Waals surface area contributed by atoms with Crippen molar-refractivity contribution in [2.24, 2.45) is 0 Å². The summed E-state index contributed by atoms with van der Waals surface area (Å²) in [6.07, 6.45) is 0.181. The van der Waals surface area contributed by atoms with Crippen LogP contribution >= 0.6 is 15.9 Å². The monoisotopic (exact) mass is 592 g/mol. The first-order chi connectivity index (χ1) is 17.2. The summed E-state index contributed by atoms with van der Waals surface area (Å²) >= 11 is 3.48. The van der Waals surface area contributed by atoms with Gasteiger partial charge < -0.3 is 9.47 Å². The van der Waals surface area contributed by atoms with Crippen molar-refractivity contribution in [1.82, 2.24) is 8.87 Å². The van der Waals surface area contributed by atoms with Crippen LogP contribution < -0.4 is 0 Å². The molecule has 198 valence electrons. The number of benzene rings is 2. The third-order valence-electron chi connectivity index (χ3n) is 5.53. The fourth-order valence-corrected chi connectivity index (χ4v) is 5.87. The zero-order valence-corrected chi connectivity index (χ0v) is 23.8. The average molecular weight is 593 g/mol. The van der Waals surface area contributed by atoms with Gasteiger partial charge in [0.15, 0.2) is 0 Å². The second kappa shape index (κ2) is 10.7. The van der Waals surface area contributed by atoms with E-state index < -0.39 is 39.6 Å². The van der Waals surface area contributed by atoms with Crippen LogP contribution in [0.25, 0.3) is 10.9 Å². The number of esters is 1. The number of halogens is 1. The Balaban J connectivity index is 2.18. The van der Waals surface area contributed by atoms with E-state index in [9.17, 15) is 22.8 Å². The molecule has 3 aromatic rings. The van der Waals surface area contributed by atoms with E-state index in [0.717, 1.165) is 23.6 Å². The topological polar surface area (TPSA) is 112 Å². The first-order valence-electron chi connectivity index (χ1n) is 11.4. The number of methoxy groups -OCH3 is 1. The van der Waals surface area contributed by atoms with E-state index in [2.05, 4.69) is 15.9 Å². The molecular weight excluding hydrogens is 564 g/mol. The Bertz CT molecular complexity index is 1450. The first kappa shape index (κ1) is 28.4. The van der Waals surface area contributed by atoms with Gasteiger partial charge in [-0.3, -0.25) is 4.79 Å². The number of hydrogen-bond acceptors (Lipinski definition) is 7. The fourth-order valence-electron chi connectivity index (χ4n) is 3.88. The number of amides is 2. The molecule has 0 aliphatic rings. The smallest absolute Gasteiger partial charge is 0.417 e. The van der Waals surface area contributed by atoms with Crippen LogP contribution in [0.3, 0.4) is 0 Å². The molecule has 0 bridgehead atoms. The van der Waals surface area contributed by atoms with E-state index in [0.29, 0.717) is 25.8 Å². The molecule has 9 nitrogen and oxygen atoms in total. The summed E-state index contributed by atoms with van der Waals surface area (Å²) in [6.45, 7) is 7.90. The van der Waals surface area contributed by atoms with Crippen LogP contribution in [0.4, 0.5) is 4.79 Å². The highest BCUT2D eigenvalue weighted by Gasteiger charge is 2.38. The number of hydrogen-bond donors (Lipinski definition) is 0. The number of imide groups is 1. The number of rotatable bonds is 6. The van der Waals surface area contributed by atoms with Crippen molar-refractivity contribution in [2.45, 2.75) is 57.6 Å². The minimum Gasteiger partial charge on any atom is -0.467 e. The van der Waals surface area contributed by atoms with Crippen molar-refractivity contribution in [3.63, 3.8) is 0 Å².